The minimum absolute atomic E-state index is 0.0498. The molecule has 0 aliphatic heterocycles. The number of nitrogens with zero attached hydrogens (tertiary/aromatic N) is 1. The molecular formula is C18H21F3N2O2. The first-order valence-corrected chi connectivity index (χ1v) is 8.07. The summed E-state index contributed by atoms with van der Waals surface area (Å²) in [5, 5.41) is 2.84. The molecule has 0 spiro atoms. The average molecular weight is 354 g/mol. The molecule has 0 aliphatic carbocycles. The fourth-order valence-electron chi connectivity index (χ4n) is 2.53. The number of hydrogen-bond acceptors (Lipinski definition) is 2. The second kappa shape index (κ2) is 7.29. The Hall–Kier alpha value is -2.31. The predicted octanol–water partition coefficient (Wildman–Crippen LogP) is 3.65. The van der Waals surface area contributed by atoms with Crippen molar-refractivity contribution in [3.8, 4) is 0 Å². The zero-order valence-electron chi connectivity index (χ0n) is 14.4. The summed E-state index contributed by atoms with van der Waals surface area (Å²) in [4.78, 5) is 25.0. The van der Waals surface area contributed by atoms with Crippen LogP contribution >= 0.6 is 0 Å². The third kappa shape index (κ3) is 4.84. The number of amides is 1. The largest absolute Gasteiger partial charge is 0.405 e. The van der Waals surface area contributed by atoms with E-state index in [4.69, 9.17) is 0 Å². The van der Waals surface area contributed by atoms with Gasteiger partial charge in [0.25, 0.3) is 11.5 Å². The number of aromatic nitrogens is 1. The zero-order valence-corrected chi connectivity index (χ0v) is 14.4. The first-order chi connectivity index (χ1) is 11.6. The molecule has 0 unspecified atom stereocenters. The van der Waals surface area contributed by atoms with Gasteiger partial charge in [0.2, 0.25) is 0 Å². The maximum absolute atomic E-state index is 12.8. The van der Waals surface area contributed by atoms with E-state index < -0.39 is 18.6 Å². The highest BCUT2D eigenvalue weighted by Crippen LogP contribution is 2.17. The number of pyridine rings is 1. The van der Waals surface area contributed by atoms with E-state index in [2.05, 4.69) is 0 Å². The van der Waals surface area contributed by atoms with E-state index in [-0.39, 0.29) is 23.7 Å². The van der Waals surface area contributed by atoms with Crippen molar-refractivity contribution in [2.45, 2.75) is 39.9 Å². The summed E-state index contributed by atoms with van der Waals surface area (Å²) in [5.41, 5.74) is 0.486. The Balaban J connectivity index is 2.52. The lowest BCUT2D eigenvalue weighted by Crippen LogP contribution is -2.37. The second-order valence-corrected chi connectivity index (χ2v) is 6.56. The monoisotopic (exact) mass is 354 g/mol. The standard InChI is InChI=1S/C18H21F3N2O2/c1-11(2)6-7-23-15(16(24)22-10-18(19,20)21)9-13-5-4-12(3)8-14(13)17(23)25/h4-5,8-9,11H,6-7,10H2,1-3H3,(H,22,24). The highest BCUT2D eigenvalue weighted by atomic mass is 19.4. The van der Waals surface area contributed by atoms with Gasteiger partial charge in [0, 0.05) is 11.9 Å². The van der Waals surface area contributed by atoms with Gasteiger partial charge < -0.3 is 9.88 Å². The van der Waals surface area contributed by atoms with E-state index in [0.717, 1.165) is 5.56 Å². The number of alkyl halides is 3. The highest BCUT2D eigenvalue weighted by molar-refractivity contribution is 5.96. The van der Waals surface area contributed by atoms with Gasteiger partial charge in [0.05, 0.1) is 0 Å². The number of halogens is 3. The van der Waals surface area contributed by atoms with Crippen LogP contribution in [0.15, 0.2) is 29.1 Å². The van der Waals surface area contributed by atoms with E-state index in [0.29, 0.717) is 17.2 Å². The molecule has 0 fully saturated rings. The Kier molecular flexibility index (Phi) is 5.55. The van der Waals surface area contributed by atoms with Gasteiger partial charge in [-0.3, -0.25) is 9.59 Å². The Morgan fingerprint density at radius 3 is 2.52 bits per heavy atom. The molecule has 1 amide bonds. The SMILES string of the molecule is Cc1ccc2cc(C(=O)NCC(F)(F)F)n(CCC(C)C)c(=O)c2c1. The molecule has 136 valence electrons. The number of rotatable bonds is 5. The highest BCUT2D eigenvalue weighted by Gasteiger charge is 2.28. The summed E-state index contributed by atoms with van der Waals surface area (Å²) in [6, 6.07) is 6.68. The second-order valence-electron chi connectivity index (χ2n) is 6.56. The van der Waals surface area contributed by atoms with Crippen LogP contribution in [0.3, 0.4) is 0 Å². The number of hydrogen-bond donors (Lipinski definition) is 1. The minimum Gasteiger partial charge on any atom is -0.342 e. The van der Waals surface area contributed by atoms with Crippen molar-refractivity contribution in [1.82, 2.24) is 9.88 Å². The van der Waals surface area contributed by atoms with Crippen LogP contribution in [-0.2, 0) is 6.54 Å². The molecule has 0 aliphatic rings. The van der Waals surface area contributed by atoms with Gasteiger partial charge in [-0.1, -0.05) is 31.5 Å². The average Bonchev–Trinajstić information content (AvgIpc) is 2.51. The van der Waals surface area contributed by atoms with E-state index in [1.807, 2.05) is 26.1 Å². The third-order valence-electron chi connectivity index (χ3n) is 3.88. The van der Waals surface area contributed by atoms with Crippen molar-refractivity contribution in [2.75, 3.05) is 6.54 Å². The summed E-state index contributed by atoms with van der Waals surface area (Å²) in [5.74, 6) is -0.619. The van der Waals surface area contributed by atoms with E-state index in [1.165, 1.54) is 10.6 Å². The number of nitrogens with one attached hydrogen (secondary N) is 1. The first kappa shape index (κ1) is 19.0. The molecule has 4 nitrogen and oxygen atoms in total. The van der Waals surface area contributed by atoms with Crippen molar-refractivity contribution in [1.29, 1.82) is 0 Å². The van der Waals surface area contributed by atoms with Crippen molar-refractivity contribution >= 4 is 16.7 Å². The van der Waals surface area contributed by atoms with Gasteiger partial charge in [0.1, 0.15) is 12.2 Å². The van der Waals surface area contributed by atoms with Gasteiger partial charge in [-0.05, 0) is 36.8 Å². The van der Waals surface area contributed by atoms with Crippen LogP contribution in [0.5, 0.6) is 0 Å². The van der Waals surface area contributed by atoms with Crippen LogP contribution in [0.25, 0.3) is 10.8 Å². The summed E-state index contributed by atoms with van der Waals surface area (Å²) in [6.45, 7) is 4.63. The lowest BCUT2D eigenvalue weighted by molar-refractivity contribution is -0.123. The molecule has 0 bridgehead atoms. The summed E-state index contributed by atoms with van der Waals surface area (Å²) >= 11 is 0. The summed E-state index contributed by atoms with van der Waals surface area (Å²) in [7, 11) is 0. The molecular weight excluding hydrogens is 333 g/mol. The predicted molar refractivity (Wildman–Crippen MR) is 90.8 cm³/mol. The maximum Gasteiger partial charge on any atom is 0.405 e. The van der Waals surface area contributed by atoms with Crippen molar-refractivity contribution in [3.63, 3.8) is 0 Å². The molecule has 2 aromatic rings. The number of fused-ring (bicyclic) bond motifs is 1. The number of aryl methyl sites for hydroxylation is 1. The van der Waals surface area contributed by atoms with Crippen LogP contribution < -0.4 is 10.9 Å². The maximum atomic E-state index is 12.8. The van der Waals surface area contributed by atoms with Gasteiger partial charge in [-0.2, -0.15) is 13.2 Å². The van der Waals surface area contributed by atoms with E-state index in [1.54, 1.807) is 18.2 Å². The first-order valence-electron chi connectivity index (χ1n) is 8.07. The van der Waals surface area contributed by atoms with Crippen LogP contribution in [-0.4, -0.2) is 23.2 Å². The van der Waals surface area contributed by atoms with E-state index in [9.17, 15) is 22.8 Å². The molecule has 1 heterocycles. The Morgan fingerprint density at radius 2 is 1.92 bits per heavy atom. The lowest BCUT2D eigenvalue weighted by Gasteiger charge is -2.16. The third-order valence-corrected chi connectivity index (χ3v) is 3.88. The molecule has 0 saturated carbocycles. The van der Waals surface area contributed by atoms with Crippen LogP contribution in [0.4, 0.5) is 13.2 Å². The molecule has 1 aromatic carbocycles. The van der Waals surface area contributed by atoms with Crippen LogP contribution in [0.2, 0.25) is 0 Å². The molecule has 0 saturated heterocycles. The van der Waals surface area contributed by atoms with Gasteiger partial charge in [-0.15, -0.1) is 0 Å². The summed E-state index contributed by atoms with van der Waals surface area (Å²) < 4.78 is 38.4. The van der Waals surface area contributed by atoms with Crippen molar-refractivity contribution < 1.29 is 18.0 Å². The Labute approximate surface area is 143 Å². The smallest absolute Gasteiger partial charge is 0.342 e. The zero-order chi connectivity index (χ0) is 18.8. The topological polar surface area (TPSA) is 51.1 Å². The van der Waals surface area contributed by atoms with Crippen LogP contribution in [0.1, 0.15) is 36.3 Å². The molecule has 1 N–H and O–H groups in total. The number of carbonyl (C=O) groups is 1. The fraction of sp³-hybridized carbons (Fsp3) is 0.444. The molecule has 7 heteroatoms. The molecule has 2 rings (SSSR count). The summed E-state index contributed by atoms with van der Waals surface area (Å²) in [6.07, 6.45) is -3.87. The van der Waals surface area contributed by atoms with E-state index >= 15 is 0 Å². The molecule has 0 radical (unpaired) electrons. The molecule has 0 atom stereocenters. The van der Waals surface area contributed by atoms with Crippen molar-refractivity contribution in [2.24, 2.45) is 5.92 Å². The number of benzene rings is 1. The normalized spacial score (nSPS) is 12.0. The number of carbonyl (C=O) groups excluding carboxylic acids is 1. The lowest BCUT2D eigenvalue weighted by atomic mass is 10.1. The van der Waals surface area contributed by atoms with Gasteiger partial charge >= 0.3 is 6.18 Å². The quantitative estimate of drug-likeness (QED) is 0.891. The van der Waals surface area contributed by atoms with Gasteiger partial charge in [-0.25, -0.2) is 0 Å². The molecule has 25 heavy (non-hydrogen) atoms. The van der Waals surface area contributed by atoms with Crippen molar-refractivity contribution in [3.05, 3.63) is 45.9 Å². The Morgan fingerprint density at radius 1 is 1.24 bits per heavy atom. The Bertz CT molecular complexity index is 839. The van der Waals surface area contributed by atoms with Gasteiger partial charge in [0.15, 0.2) is 0 Å². The minimum atomic E-state index is -4.51. The van der Waals surface area contributed by atoms with Crippen LogP contribution in [0, 0.1) is 12.8 Å². The fourth-order valence-corrected chi connectivity index (χ4v) is 2.53. The molecule has 1 aromatic heterocycles.